The Morgan fingerprint density at radius 3 is 2.53 bits per heavy atom. The summed E-state index contributed by atoms with van der Waals surface area (Å²) in [5, 5.41) is 3.31. The zero-order valence-corrected chi connectivity index (χ0v) is 11.1. The first kappa shape index (κ1) is 13.5. The maximum Gasteiger partial charge on any atom is 0.230 e. The fourth-order valence-corrected chi connectivity index (χ4v) is 2.00. The summed E-state index contributed by atoms with van der Waals surface area (Å²) in [7, 11) is 0. The summed E-state index contributed by atoms with van der Waals surface area (Å²) in [4.78, 5) is 17.2. The van der Waals surface area contributed by atoms with Crippen LogP contribution in [-0.2, 0) is 0 Å². The molecule has 1 aromatic rings. The molecule has 1 aliphatic heterocycles. The van der Waals surface area contributed by atoms with Crippen LogP contribution in [0.1, 0.15) is 0 Å². The highest BCUT2D eigenvalue weighted by molar-refractivity contribution is 5.39. The number of nitrogens with one attached hydrogen (secondary N) is 1. The zero-order valence-electron chi connectivity index (χ0n) is 11.1. The monoisotopic (exact) mass is 260 g/mol. The molecule has 0 spiro atoms. The van der Waals surface area contributed by atoms with Crippen LogP contribution in [0.25, 0.3) is 0 Å². The largest absolute Gasteiger partial charge is 0.338 e. The van der Waals surface area contributed by atoms with Gasteiger partial charge in [0.15, 0.2) is 0 Å². The van der Waals surface area contributed by atoms with Crippen molar-refractivity contribution in [1.29, 1.82) is 0 Å². The van der Waals surface area contributed by atoms with Crippen molar-refractivity contribution in [2.24, 2.45) is 0 Å². The van der Waals surface area contributed by atoms with E-state index < -0.39 is 0 Å². The minimum Gasteiger partial charge on any atom is -0.338 e. The Balaban J connectivity index is 2.16. The van der Waals surface area contributed by atoms with E-state index in [4.69, 9.17) is 0 Å². The summed E-state index contributed by atoms with van der Waals surface area (Å²) >= 11 is 0. The van der Waals surface area contributed by atoms with Crippen molar-refractivity contribution in [1.82, 2.24) is 20.3 Å². The van der Waals surface area contributed by atoms with Gasteiger partial charge in [0.25, 0.3) is 0 Å². The summed E-state index contributed by atoms with van der Waals surface area (Å²) < 4.78 is 0. The molecule has 0 saturated carbocycles. The summed E-state index contributed by atoms with van der Waals surface area (Å²) in [5.74, 6) is 1.41. The Labute approximate surface area is 113 Å². The molecule has 0 amide bonds. The third-order valence-corrected chi connectivity index (χ3v) is 2.93. The van der Waals surface area contributed by atoms with Gasteiger partial charge in [-0.2, -0.15) is 4.98 Å². The summed E-state index contributed by atoms with van der Waals surface area (Å²) in [5.41, 5.74) is 0. The van der Waals surface area contributed by atoms with Gasteiger partial charge >= 0.3 is 0 Å². The normalized spacial score (nSPS) is 15.1. The molecule has 102 valence electrons. The molecule has 2 rings (SSSR count). The Kier molecular flexibility index (Phi) is 4.85. The number of hydrogen-bond donors (Lipinski definition) is 1. The van der Waals surface area contributed by atoms with Gasteiger partial charge in [-0.3, -0.25) is 0 Å². The molecule has 1 N–H and O–H groups in total. The van der Waals surface area contributed by atoms with Gasteiger partial charge in [-0.1, -0.05) is 12.2 Å². The summed E-state index contributed by atoms with van der Waals surface area (Å²) in [6.45, 7) is 12.7. The first-order valence-corrected chi connectivity index (χ1v) is 6.46. The van der Waals surface area contributed by atoms with Crippen molar-refractivity contribution in [2.75, 3.05) is 49.1 Å². The van der Waals surface area contributed by atoms with E-state index in [-0.39, 0.29) is 0 Å². The van der Waals surface area contributed by atoms with Crippen molar-refractivity contribution in [3.63, 3.8) is 0 Å². The van der Waals surface area contributed by atoms with Crippen LogP contribution in [0, 0.1) is 0 Å². The van der Waals surface area contributed by atoms with Gasteiger partial charge in [-0.05, 0) is 0 Å². The molecule has 0 atom stereocenters. The first-order chi connectivity index (χ1) is 9.35. The van der Waals surface area contributed by atoms with Crippen LogP contribution in [0.5, 0.6) is 0 Å². The Hall–Kier alpha value is -1.95. The fraction of sp³-hybridized carbons (Fsp3) is 0.462. The molecule has 0 aliphatic carbocycles. The summed E-state index contributed by atoms with van der Waals surface area (Å²) in [6, 6.07) is 0. The highest BCUT2D eigenvalue weighted by atomic mass is 15.3. The number of hydrogen-bond acceptors (Lipinski definition) is 6. The predicted octanol–water partition coefficient (Wildman–Crippen LogP) is 0.460. The van der Waals surface area contributed by atoms with Gasteiger partial charge in [-0.15, -0.1) is 13.2 Å². The highest BCUT2D eigenvalue weighted by Gasteiger charge is 2.15. The average Bonchev–Trinajstić information content (AvgIpc) is 2.48. The lowest BCUT2D eigenvalue weighted by Gasteiger charge is -2.28. The third kappa shape index (κ3) is 3.51. The minimum absolute atomic E-state index is 0.670. The minimum atomic E-state index is 0.670. The van der Waals surface area contributed by atoms with Crippen LogP contribution in [0.3, 0.4) is 0 Å². The van der Waals surface area contributed by atoms with E-state index in [0.717, 1.165) is 32.1 Å². The molecular formula is C13H20N6. The Morgan fingerprint density at radius 2 is 1.89 bits per heavy atom. The Morgan fingerprint density at radius 1 is 1.21 bits per heavy atom. The van der Waals surface area contributed by atoms with Crippen LogP contribution >= 0.6 is 0 Å². The lowest BCUT2D eigenvalue weighted by atomic mass is 10.4. The molecule has 0 aromatic carbocycles. The number of aromatic nitrogens is 3. The highest BCUT2D eigenvalue weighted by Crippen LogP contribution is 2.12. The lowest BCUT2D eigenvalue weighted by Crippen LogP contribution is -2.44. The van der Waals surface area contributed by atoms with Gasteiger partial charge in [-0.25, -0.2) is 9.97 Å². The molecule has 0 unspecified atom stereocenters. The van der Waals surface area contributed by atoms with Crippen molar-refractivity contribution >= 4 is 11.9 Å². The molecule has 1 aliphatic rings. The fourth-order valence-electron chi connectivity index (χ4n) is 2.00. The molecule has 19 heavy (non-hydrogen) atoms. The van der Waals surface area contributed by atoms with Gasteiger partial charge in [0, 0.05) is 39.3 Å². The van der Waals surface area contributed by atoms with E-state index in [1.54, 1.807) is 6.33 Å². The molecule has 0 radical (unpaired) electrons. The van der Waals surface area contributed by atoms with E-state index in [9.17, 15) is 0 Å². The predicted molar refractivity (Wildman–Crippen MR) is 77.5 cm³/mol. The van der Waals surface area contributed by atoms with Crippen LogP contribution in [0.4, 0.5) is 11.9 Å². The van der Waals surface area contributed by atoms with Crippen LogP contribution in [-0.4, -0.2) is 54.2 Å². The van der Waals surface area contributed by atoms with Gasteiger partial charge in [0.2, 0.25) is 11.9 Å². The molecule has 1 fully saturated rings. The van der Waals surface area contributed by atoms with Crippen molar-refractivity contribution in [3.8, 4) is 0 Å². The molecule has 2 heterocycles. The van der Waals surface area contributed by atoms with Gasteiger partial charge in [0.1, 0.15) is 6.33 Å². The second-order valence-corrected chi connectivity index (χ2v) is 4.30. The molecule has 1 aromatic heterocycles. The maximum absolute atomic E-state index is 4.54. The smallest absolute Gasteiger partial charge is 0.230 e. The number of rotatable bonds is 6. The second kappa shape index (κ2) is 6.84. The molecule has 1 saturated heterocycles. The van der Waals surface area contributed by atoms with E-state index in [1.807, 2.05) is 17.1 Å². The van der Waals surface area contributed by atoms with Crippen molar-refractivity contribution in [2.45, 2.75) is 0 Å². The quantitative estimate of drug-likeness (QED) is 0.750. The lowest BCUT2D eigenvalue weighted by molar-refractivity contribution is 0.578. The molecular weight excluding hydrogens is 240 g/mol. The van der Waals surface area contributed by atoms with Crippen molar-refractivity contribution < 1.29 is 0 Å². The van der Waals surface area contributed by atoms with Gasteiger partial charge < -0.3 is 15.1 Å². The van der Waals surface area contributed by atoms with Crippen LogP contribution in [0.15, 0.2) is 31.6 Å². The number of anilines is 2. The molecule has 0 bridgehead atoms. The zero-order chi connectivity index (χ0) is 13.5. The SMILES string of the molecule is C=CCN(CC=C)c1ncnc(N2CCNCC2)n1. The van der Waals surface area contributed by atoms with Crippen LogP contribution in [0.2, 0.25) is 0 Å². The Bertz CT molecular complexity index is 417. The number of piperazine rings is 1. The second-order valence-electron chi connectivity index (χ2n) is 4.30. The van der Waals surface area contributed by atoms with E-state index in [1.165, 1.54) is 0 Å². The number of nitrogens with zero attached hydrogens (tertiary/aromatic N) is 5. The molecule has 6 nitrogen and oxygen atoms in total. The average molecular weight is 260 g/mol. The first-order valence-electron chi connectivity index (χ1n) is 6.46. The van der Waals surface area contributed by atoms with E-state index >= 15 is 0 Å². The van der Waals surface area contributed by atoms with Gasteiger partial charge in [0.05, 0.1) is 0 Å². The van der Waals surface area contributed by atoms with E-state index in [0.29, 0.717) is 19.0 Å². The maximum atomic E-state index is 4.54. The topological polar surface area (TPSA) is 57.2 Å². The standard InChI is InChI=1S/C13H20N6/c1-3-7-18(8-4-2)12-15-11-16-13(17-12)19-9-5-14-6-10-19/h3-4,11,14H,1-2,5-10H2. The molecule has 6 heteroatoms. The van der Waals surface area contributed by atoms with Crippen LogP contribution < -0.4 is 15.1 Å². The van der Waals surface area contributed by atoms with Crippen molar-refractivity contribution in [3.05, 3.63) is 31.6 Å². The van der Waals surface area contributed by atoms with E-state index in [2.05, 4.69) is 38.3 Å². The summed E-state index contributed by atoms with van der Waals surface area (Å²) in [6.07, 6.45) is 5.23. The third-order valence-electron chi connectivity index (χ3n) is 2.93.